The van der Waals surface area contributed by atoms with Crippen LogP contribution in [0.5, 0.6) is 0 Å². The van der Waals surface area contributed by atoms with E-state index in [0.717, 1.165) is 0 Å². The third-order valence-corrected chi connectivity index (χ3v) is 3.01. The number of nitrogens with two attached hydrogens (primary N) is 2. The summed E-state index contributed by atoms with van der Waals surface area (Å²) in [5.74, 6) is -0.366. The van der Waals surface area contributed by atoms with Crippen molar-refractivity contribution in [3.63, 3.8) is 0 Å². The molecule has 4 N–H and O–H groups in total. The second kappa shape index (κ2) is 4.81. The normalized spacial score (nSPS) is 12.4. The Bertz CT molecular complexity index is 545. The summed E-state index contributed by atoms with van der Waals surface area (Å²) in [7, 11) is 0. The molecule has 2 aromatic rings. The Hall–Kier alpha value is -1.46. The predicted molar refractivity (Wildman–Crippen MR) is 68.8 cm³/mol. The van der Waals surface area contributed by atoms with E-state index in [1.165, 1.54) is 6.07 Å². The lowest BCUT2D eigenvalue weighted by Crippen LogP contribution is -2.15. The van der Waals surface area contributed by atoms with E-state index in [4.69, 9.17) is 11.5 Å². The van der Waals surface area contributed by atoms with Gasteiger partial charge in [-0.1, -0.05) is 22.0 Å². The highest BCUT2D eigenvalue weighted by Gasteiger charge is 2.16. The molecule has 0 saturated carbocycles. The summed E-state index contributed by atoms with van der Waals surface area (Å²) in [5.41, 5.74) is 13.3. The monoisotopic (exact) mass is 295 g/mol. The summed E-state index contributed by atoms with van der Waals surface area (Å²) in [4.78, 5) is 3.95. The molecule has 0 saturated heterocycles. The molecule has 0 radical (unpaired) electrons. The number of benzene rings is 1. The van der Waals surface area contributed by atoms with Crippen LogP contribution in [0.3, 0.4) is 0 Å². The molecule has 0 aliphatic rings. The quantitative estimate of drug-likeness (QED) is 0.895. The van der Waals surface area contributed by atoms with Crippen LogP contribution in [0.1, 0.15) is 17.2 Å². The number of rotatable bonds is 2. The molecule has 0 spiro atoms. The van der Waals surface area contributed by atoms with Crippen LogP contribution in [0.25, 0.3) is 0 Å². The molecule has 1 unspecified atom stereocenters. The average Bonchev–Trinajstić information content (AvgIpc) is 2.29. The van der Waals surface area contributed by atoms with Crippen molar-refractivity contribution >= 4 is 21.6 Å². The first-order chi connectivity index (χ1) is 8.09. The molecule has 3 nitrogen and oxygen atoms in total. The molecule has 0 fully saturated rings. The van der Waals surface area contributed by atoms with E-state index in [1.54, 1.807) is 30.6 Å². The van der Waals surface area contributed by atoms with Crippen molar-refractivity contribution in [2.75, 3.05) is 5.73 Å². The average molecular weight is 296 g/mol. The molecule has 0 amide bonds. The van der Waals surface area contributed by atoms with Crippen LogP contribution < -0.4 is 11.5 Å². The summed E-state index contributed by atoms with van der Waals surface area (Å²) >= 11 is 3.20. The van der Waals surface area contributed by atoms with Crippen LogP contribution in [0, 0.1) is 5.82 Å². The number of nitrogens with zero attached hydrogens (tertiary/aromatic N) is 1. The van der Waals surface area contributed by atoms with E-state index < -0.39 is 6.04 Å². The Morgan fingerprint density at radius 1 is 1.24 bits per heavy atom. The van der Waals surface area contributed by atoms with E-state index in [1.807, 2.05) is 0 Å². The smallest absolute Gasteiger partial charge is 0.129 e. The van der Waals surface area contributed by atoms with Gasteiger partial charge in [-0.2, -0.15) is 0 Å². The summed E-state index contributed by atoms with van der Waals surface area (Å²) in [5, 5.41) is 0. The van der Waals surface area contributed by atoms with Gasteiger partial charge in [0.1, 0.15) is 5.82 Å². The number of hydrogen-bond acceptors (Lipinski definition) is 3. The first-order valence-electron chi connectivity index (χ1n) is 4.99. The van der Waals surface area contributed by atoms with Crippen LogP contribution in [0.15, 0.2) is 41.1 Å². The molecule has 1 aromatic heterocycles. The minimum atomic E-state index is -0.614. The second-order valence-electron chi connectivity index (χ2n) is 3.65. The van der Waals surface area contributed by atoms with Gasteiger partial charge in [-0.25, -0.2) is 4.39 Å². The number of nitrogen functional groups attached to an aromatic ring is 1. The molecule has 1 atom stereocenters. The Morgan fingerprint density at radius 2 is 2.00 bits per heavy atom. The fraction of sp³-hybridized carbons (Fsp3) is 0.0833. The van der Waals surface area contributed by atoms with Crippen molar-refractivity contribution in [1.29, 1.82) is 0 Å². The Labute approximate surface area is 107 Å². The van der Waals surface area contributed by atoms with Gasteiger partial charge in [-0.3, -0.25) is 4.98 Å². The van der Waals surface area contributed by atoms with Crippen molar-refractivity contribution in [3.8, 4) is 0 Å². The lowest BCUT2D eigenvalue weighted by atomic mass is 9.99. The lowest BCUT2D eigenvalue weighted by Gasteiger charge is -2.15. The van der Waals surface area contributed by atoms with E-state index in [9.17, 15) is 4.39 Å². The zero-order chi connectivity index (χ0) is 12.4. The van der Waals surface area contributed by atoms with E-state index in [0.29, 0.717) is 21.3 Å². The molecule has 5 heteroatoms. The molecule has 1 heterocycles. The summed E-state index contributed by atoms with van der Waals surface area (Å²) in [6.45, 7) is 0. The predicted octanol–water partition coefficient (Wildman–Crippen LogP) is 2.61. The number of hydrogen-bond donors (Lipinski definition) is 2. The molecular formula is C12H11BrFN3. The molecule has 1 aromatic carbocycles. The van der Waals surface area contributed by atoms with Crippen LogP contribution in [-0.4, -0.2) is 4.98 Å². The zero-order valence-electron chi connectivity index (χ0n) is 8.90. The standard InChI is InChI=1S/C12H11BrFN3/c13-7-1-2-8(10(14)5-7)12(16)9-6-17-4-3-11(9)15/h1-6,12H,16H2,(H2,15,17). The van der Waals surface area contributed by atoms with Crippen molar-refractivity contribution in [2.24, 2.45) is 5.73 Å². The van der Waals surface area contributed by atoms with Crippen molar-refractivity contribution in [1.82, 2.24) is 4.98 Å². The van der Waals surface area contributed by atoms with Crippen molar-refractivity contribution in [3.05, 3.63) is 58.1 Å². The molecule has 0 aliphatic heterocycles. The topological polar surface area (TPSA) is 64.9 Å². The number of halogens is 2. The van der Waals surface area contributed by atoms with Crippen LogP contribution in [0.4, 0.5) is 10.1 Å². The van der Waals surface area contributed by atoms with E-state index >= 15 is 0 Å². The Morgan fingerprint density at radius 3 is 2.65 bits per heavy atom. The Kier molecular flexibility index (Phi) is 3.40. The largest absolute Gasteiger partial charge is 0.398 e. The molecule has 88 valence electrons. The maximum Gasteiger partial charge on any atom is 0.129 e. The Balaban J connectivity index is 2.44. The molecular weight excluding hydrogens is 285 g/mol. The second-order valence-corrected chi connectivity index (χ2v) is 4.56. The van der Waals surface area contributed by atoms with Gasteiger partial charge in [0.05, 0.1) is 6.04 Å². The van der Waals surface area contributed by atoms with Gasteiger partial charge in [-0.05, 0) is 18.2 Å². The van der Waals surface area contributed by atoms with E-state index in [2.05, 4.69) is 20.9 Å². The highest BCUT2D eigenvalue weighted by atomic mass is 79.9. The van der Waals surface area contributed by atoms with Gasteiger partial charge in [0, 0.05) is 33.7 Å². The van der Waals surface area contributed by atoms with Gasteiger partial charge < -0.3 is 11.5 Å². The maximum atomic E-state index is 13.7. The van der Waals surface area contributed by atoms with Gasteiger partial charge in [0.25, 0.3) is 0 Å². The zero-order valence-corrected chi connectivity index (χ0v) is 10.5. The number of pyridine rings is 1. The van der Waals surface area contributed by atoms with Gasteiger partial charge in [0.2, 0.25) is 0 Å². The summed E-state index contributed by atoms with van der Waals surface area (Å²) < 4.78 is 14.4. The number of aromatic nitrogens is 1. The van der Waals surface area contributed by atoms with Gasteiger partial charge in [-0.15, -0.1) is 0 Å². The highest BCUT2D eigenvalue weighted by molar-refractivity contribution is 9.10. The van der Waals surface area contributed by atoms with Crippen LogP contribution >= 0.6 is 15.9 Å². The SMILES string of the molecule is Nc1ccncc1C(N)c1ccc(Br)cc1F. The van der Waals surface area contributed by atoms with Crippen LogP contribution in [-0.2, 0) is 0 Å². The molecule has 0 aliphatic carbocycles. The van der Waals surface area contributed by atoms with Gasteiger partial charge >= 0.3 is 0 Å². The lowest BCUT2D eigenvalue weighted by molar-refractivity contribution is 0.599. The maximum absolute atomic E-state index is 13.7. The van der Waals surface area contributed by atoms with Crippen molar-refractivity contribution in [2.45, 2.75) is 6.04 Å². The molecule has 0 bridgehead atoms. The molecule has 2 rings (SSSR count). The first kappa shape index (κ1) is 12.0. The number of anilines is 1. The molecule has 17 heavy (non-hydrogen) atoms. The first-order valence-corrected chi connectivity index (χ1v) is 5.79. The summed E-state index contributed by atoms with van der Waals surface area (Å²) in [6.07, 6.45) is 3.13. The third-order valence-electron chi connectivity index (χ3n) is 2.52. The fourth-order valence-corrected chi connectivity index (χ4v) is 1.93. The van der Waals surface area contributed by atoms with Crippen molar-refractivity contribution < 1.29 is 4.39 Å². The van der Waals surface area contributed by atoms with Gasteiger partial charge in [0.15, 0.2) is 0 Å². The third kappa shape index (κ3) is 2.45. The highest BCUT2D eigenvalue weighted by Crippen LogP contribution is 2.27. The van der Waals surface area contributed by atoms with Crippen LogP contribution in [0.2, 0.25) is 0 Å². The van der Waals surface area contributed by atoms with E-state index in [-0.39, 0.29) is 5.82 Å². The minimum Gasteiger partial charge on any atom is -0.398 e. The summed E-state index contributed by atoms with van der Waals surface area (Å²) in [6, 6.07) is 5.78. The fourth-order valence-electron chi connectivity index (χ4n) is 1.60. The minimum absolute atomic E-state index is 0.366.